The summed E-state index contributed by atoms with van der Waals surface area (Å²) >= 11 is 0. The van der Waals surface area contributed by atoms with Crippen LogP contribution in [-0.2, 0) is 0 Å². The van der Waals surface area contributed by atoms with E-state index >= 15 is 0 Å². The molecule has 0 saturated carbocycles. The van der Waals surface area contributed by atoms with Gasteiger partial charge in [0.2, 0.25) is 0 Å². The second kappa shape index (κ2) is 6.43. The van der Waals surface area contributed by atoms with Crippen molar-refractivity contribution >= 4 is 11.6 Å². The molecule has 0 heterocycles. The lowest BCUT2D eigenvalue weighted by Crippen LogP contribution is -2.27. The number of hydrogen-bond donors (Lipinski definition) is 2. The van der Waals surface area contributed by atoms with Crippen LogP contribution >= 0.6 is 0 Å². The topological polar surface area (TPSA) is 41.1 Å². The third-order valence-corrected chi connectivity index (χ3v) is 2.70. The molecule has 18 heavy (non-hydrogen) atoms. The van der Waals surface area contributed by atoms with E-state index in [0.29, 0.717) is 12.1 Å². The molecule has 2 N–H and O–H groups in total. The number of carbonyl (C=O) groups excluding carboxylic acids is 1. The molecule has 0 fully saturated rings. The van der Waals surface area contributed by atoms with Gasteiger partial charge >= 0.3 is 0 Å². The molecule has 3 nitrogen and oxygen atoms in total. The van der Waals surface area contributed by atoms with Gasteiger partial charge in [0, 0.05) is 18.8 Å². The number of rotatable bonds is 5. The van der Waals surface area contributed by atoms with E-state index in [4.69, 9.17) is 0 Å². The Morgan fingerprint density at radius 3 is 2.50 bits per heavy atom. The van der Waals surface area contributed by atoms with Crippen molar-refractivity contribution < 1.29 is 4.79 Å². The van der Waals surface area contributed by atoms with Crippen LogP contribution in [0.15, 0.2) is 24.3 Å². The summed E-state index contributed by atoms with van der Waals surface area (Å²) in [5.74, 6) is -0.00389. The fourth-order valence-electron chi connectivity index (χ4n) is 1.67. The average Bonchev–Trinajstić information content (AvgIpc) is 2.28. The van der Waals surface area contributed by atoms with Crippen LogP contribution < -0.4 is 10.6 Å². The Kier molecular flexibility index (Phi) is 5.20. The molecule has 0 atom stereocenters. The molecule has 1 aromatic rings. The maximum Gasteiger partial charge on any atom is 0.253 e. The highest BCUT2D eigenvalue weighted by Crippen LogP contribution is 2.18. The number of amides is 1. The van der Waals surface area contributed by atoms with E-state index in [-0.39, 0.29) is 11.3 Å². The van der Waals surface area contributed by atoms with E-state index in [1.54, 1.807) is 0 Å². The van der Waals surface area contributed by atoms with Crippen molar-refractivity contribution in [3.05, 3.63) is 29.8 Å². The summed E-state index contributed by atoms with van der Waals surface area (Å²) in [4.78, 5) is 12.1. The third-order valence-electron chi connectivity index (χ3n) is 2.70. The van der Waals surface area contributed by atoms with Gasteiger partial charge in [-0.05, 0) is 30.9 Å². The van der Waals surface area contributed by atoms with Crippen molar-refractivity contribution in [3.63, 3.8) is 0 Å². The summed E-state index contributed by atoms with van der Waals surface area (Å²) in [6.07, 6.45) is 0.974. The monoisotopic (exact) mass is 248 g/mol. The number of nitrogens with one attached hydrogen (secondary N) is 2. The molecule has 1 amide bonds. The molecule has 0 radical (unpaired) electrons. The number of anilines is 1. The van der Waals surface area contributed by atoms with Crippen molar-refractivity contribution in [2.45, 2.75) is 34.1 Å². The minimum absolute atomic E-state index is 0.00389. The second-order valence-corrected chi connectivity index (χ2v) is 5.64. The first-order chi connectivity index (χ1) is 8.44. The van der Waals surface area contributed by atoms with Gasteiger partial charge in [-0.2, -0.15) is 0 Å². The van der Waals surface area contributed by atoms with E-state index in [2.05, 4.69) is 31.4 Å². The second-order valence-electron chi connectivity index (χ2n) is 5.64. The summed E-state index contributed by atoms with van der Waals surface area (Å²) in [5, 5.41) is 6.18. The van der Waals surface area contributed by atoms with Crippen molar-refractivity contribution in [1.29, 1.82) is 0 Å². The Hall–Kier alpha value is -1.51. The molecule has 3 heteroatoms. The molecule has 1 rings (SSSR count). The van der Waals surface area contributed by atoms with E-state index in [0.717, 1.165) is 18.7 Å². The molecule has 0 bridgehead atoms. The maximum absolute atomic E-state index is 12.1. The number of hydrogen-bond acceptors (Lipinski definition) is 2. The highest BCUT2D eigenvalue weighted by Gasteiger charge is 2.13. The van der Waals surface area contributed by atoms with Crippen LogP contribution in [0.1, 0.15) is 44.5 Å². The van der Waals surface area contributed by atoms with Gasteiger partial charge in [-0.15, -0.1) is 0 Å². The molecule has 1 aromatic carbocycles. The van der Waals surface area contributed by atoms with Gasteiger partial charge in [0.1, 0.15) is 0 Å². The van der Waals surface area contributed by atoms with E-state index in [9.17, 15) is 4.79 Å². The van der Waals surface area contributed by atoms with E-state index in [1.807, 2.05) is 31.2 Å². The molecule has 0 unspecified atom stereocenters. The third kappa shape index (κ3) is 4.78. The molecule has 0 aliphatic heterocycles. The number of benzene rings is 1. The zero-order chi connectivity index (χ0) is 13.6. The molecule has 0 saturated heterocycles. The van der Waals surface area contributed by atoms with Gasteiger partial charge in [0.15, 0.2) is 0 Å². The predicted molar refractivity (Wildman–Crippen MR) is 77.0 cm³/mol. The zero-order valence-electron chi connectivity index (χ0n) is 11.8. The van der Waals surface area contributed by atoms with Gasteiger partial charge in [-0.1, -0.05) is 32.9 Å². The van der Waals surface area contributed by atoms with Crippen LogP contribution in [0, 0.1) is 5.41 Å². The largest absolute Gasteiger partial charge is 0.385 e. The lowest BCUT2D eigenvalue weighted by molar-refractivity contribution is 0.0950. The number of carbonyl (C=O) groups is 1. The Labute approximate surface area is 110 Å². The minimum atomic E-state index is -0.00389. The highest BCUT2D eigenvalue weighted by atomic mass is 16.1. The molecular formula is C15H24N2O. The Bertz CT molecular complexity index is 394. The van der Waals surface area contributed by atoms with Gasteiger partial charge in [-0.25, -0.2) is 0 Å². The molecule has 100 valence electrons. The fraction of sp³-hybridized carbons (Fsp3) is 0.533. The summed E-state index contributed by atoms with van der Waals surface area (Å²) < 4.78 is 0. The Morgan fingerprint density at radius 1 is 1.22 bits per heavy atom. The smallest absolute Gasteiger partial charge is 0.253 e. The molecule has 0 spiro atoms. The van der Waals surface area contributed by atoms with E-state index in [1.165, 1.54) is 0 Å². The number of para-hydroxylation sites is 1. The van der Waals surface area contributed by atoms with Crippen molar-refractivity contribution in [3.8, 4) is 0 Å². The molecule has 0 aromatic heterocycles. The first-order valence-electron chi connectivity index (χ1n) is 6.55. The van der Waals surface area contributed by atoms with Gasteiger partial charge in [0.05, 0.1) is 5.56 Å². The first-order valence-corrected chi connectivity index (χ1v) is 6.55. The van der Waals surface area contributed by atoms with Crippen molar-refractivity contribution in [1.82, 2.24) is 5.32 Å². The minimum Gasteiger partial charge on any atom is -0.385 e. The van der Waals surface area contributed by atoms with Crippen LogP contribution in [0.5, 0.6) is 0 Å². The lowest BCUT2D eigenvalue weighted by atomic mass is 9.92. The zero-order valence-corrected chi connectivity index (χ0v) is 11.8. The fourth-order valence-corrected chi connectivity index (χ4v) is 1.67. The summed E-state index contributed by atoms with van der Waals surface area (Å²) in [6, 6.07) is 7.61. The summed E-state index contributed by atoms with van der Waals surface area (Å²) in [5.41, 5.74) is 1.86. The highest BCUT2D eigenvalue weighted by molar-refractivity contribution is 5.99. The van der Waals surface area contributed by atoms with Crippen molar-refractivity contribution in [2.75, 3.05) is 18.4 Å². The molecule has 0 aliphatic rings. The normalized spacial score (nSPS) is 11.1. The maximum atomic E-state index is 12.1. The van der Waals surface area contributed by atoms with Gasteiger partial charge in [-0.3, -0.25) is 4.79 Å². The van der Waals surface area contributed by atoms with Crippen molar-refractivity contribution in [2.24, 2.45) is 5.41 Å². The average molecular weight is 248 g/mol. The summed E-state index contributed by atoms with van der Waals surface area (Å²) in [6.45, 7) is 10.1. The van der Waals surface area contributed by atoms with Crippen LogP contribution in [0.4, 0.5) is 5.69 Å². The predicted octanol–water partition coefficient (Wildman–Crippen LogP) is 3.28. The standard InChI is InChI=1S/C15H24N2O/c1-5-16-13-9-7-6-8-12(13)14(18)17-11-10-15(2,3)4/h6-9,16H,5,10-11H2,1-4H3,(H,17,18). The first kappa shape index (κ1) is 14.6. The SMILES string of the molecule is CCNc1ccccc1C(=O)NCCC(C)(C)C. The van der Waals surface area contributed by atoms with Crippen LogP contribution in [0.25, 0.3) is 0 Å². The van der Waals surface area contributed by atoms with E-state index < -0.39 is 0 Å². The van der Waals surface area contributed by atoms with Crippen LogP contribution in [0.3, 0.4) is 0 Å². The van der Waals surface area contributed by atoms with Gasteiger partial charge < -0.3 is 10.6 Å². The lowest BCUT2D eigenvalue weighted by Gasteiger charge is -2.18. The van der Waals surface area contributed by atoms with Gasteiger partial charge in [0.25, 0.3) is 5.91 Å². The summed E-state index contributed by atoms with van der Waals surface area (Å²) in [7, 11) is 0. The Balaban J connectivity index is 2.61. The van der Waals surface area contributed by atoms with Crippen LogP contribution in [0.2, 0.25) is 0 Å². The quantitative estimate of drug-likeness (QED) is 0.839. The Morgan fingerprint density at radius 2 is 1.89 bits per heavy atom. The molecule has 0 aliphatic carbocycles. The molecular weight excluding hydrogens is 224 g/mol. The van der Waals surface area contributed by atoms with Crippen LogP contribution in [-0.4, -0.2) is 19.0 Å².